The van der Waals surface area contributed by atoms with E-state index in [9.17, 15) is 18.4 Å². The van der Waals surface area contributed by atoms with Crippen molar-refractivity contribution in [2.24, 2.45) is 11.8 Å². The first-order valence-electron chi connectivity index (χ1n) is 10.0. The molecule has 0 aromatic heterocycles. The van der Waals surface area contributed by atoms with Gasteiger partial charge in [0.15, 0.2) is 0 Å². The van der Waals surface area contributed by atoms with E-state index in [-0.39, 0.29) is 30.8 Å². The number of rotatable bonds is 2. The van der Waals surface area contributed by atoms with E-state index in [0.29, 0.717) is 25.9 Å². The zero-order valence-electron chi connectivity index (χ0n) is 17.8. The van der Waals surface area contributed by atoms with Gasteiger partial charge in [-0.15, -0.1) is 0 Å². The minimum atomic E-state index is -2.80. The Morgan fingerprint density at radius 3 is 2.00 bits per heavy atom. The van der Waals surface area contributed by atoms with Crippen molar-refractivity contribution >= 4 is 12.2 Å². The first-order valence-corrected chi connectivity index (χ1v) is 10.0. The summed E-state index contributed by atoms with van der Waals surface area (Å²) in [7, 11) is 0. The number of alkyl halides is 2. The Labute approximate surface area is 166 Å². The lowest BCUT2D eigenvalue weighted by molar-refractivity contribution is -0.00358. The van der Waals surface area contributed by atoms with Gasteiger partial charge < -0.3 is 19.7 Å². The smallest absolute Gasteiger partial charge is 0.410 e. The molecule has 2 rings (SSSR count). The molecule has 2 atom stereocenters. The van der Waals surface area contributed by atoms with Crippen LogP contribution in [0.4, 0.5) is 18.4 Å². The number of carbonyl (C=O) groups is 2. The van der Waals surface area contributed by atoms with Crippen LogP contribution in [0.2, 0.25) is 0 Å². The van der Waals surface area contributed by atoms with Crippen LogP contribution >= 0.6 is 0 Å². The largest absolute Gasteiger partial charge is 0.444 e. The van der Waals surface area contributed by atoms with E-state index in [4.69, 9.17) is 9.47 Å². The van der Waals surface area contributed by atoms with E-state index in [0.717, 1.165) is 0 Å². The number of carbonyl (C=O) groups excluding carboxylic acids is 2. The summed E-state index contributed by atoms with van der Waals surface area (Å²) in [6.45, 7) is 11.6. The molecule has 1 heterocycles. The maximum absolute atomic E-state index is 14.1. The summed E-state index contributed by atoms with van der Waals surface area (Å²) in [6, 6.07) is -0.622. The average Bonchev–Trinajstić information content (AvgIpc) is 2.78. The fraction of sp³-hybridized carbons (Fsp3) is 0.900. The molecule has 2 aliphatic rings. The summed E-state index contributed by atoms with van der Waals surface area (Å²) in [5.74, 6) is -3.11. The van der Waals surface area contributed by atoms with Crippen molar-refractivity contribution in [2.75, 3.05) is 13.1 Å². The van der Waals surface area contributed by atoms with E-state index in [1.807, 2.05) is 20.8 Å². The monoisotopic (exact) mass is 404 g/mol. The zero-order valence-corrected chi connectivity index (χ0v) is 17.8. The van der Waals surface area contributed by atoms with Gasteiger partial charge in [0, 0.05) is 32.0 Å². The highest BCUT2D eigenvalue weighted by Crippen LogP contribution is 2.45. The fourth-order valence-corrected chi connectivity index (χ4v) is 3.99. The van der Waals surface area contributed by atoms with Crippen molar-refractivity contribution in [3.63, 3.8) is 0 Å². The molecule has 1 saturated carbocycles. The quantitative estimate of drug-likeness (QED) is 0.732. The standard InChI is InChI=1S/C20H34F2N2O4/c1-18(2,3)27-16(25)23-15-12-20(21,22)11-14(15)13-7-9-24(10-8-13)17(26)28-19(4,5)6/h13-15H,7-12H2,1-6H3,(H,23,25)/t14?,15-/m1/s1. The van der Waals surface area contributed by atoms with Crippen molar-refractivity contribution in [2.45, 2.75) is 90.4 Å². The van der Waals surface area contributed by atoms with Gasteiger partial charge in [-0.05, 0) is 66.2 Å². The van der Waals surface area contributed by atoms with Crippen LogP contribution in [0.5, 0.6) is 0 Å². The second-order valence-electron chi connectivity index (χ2n) is 9.99. The Morgan fingerprint density at radius 1 is 0.964 bits per heavy atom. The molecule has 1 aliphatic heterocycles. The fourth-order valence-electron chi connectivity index (χ4n) is 3.99. The Balaban J connectivity index is 1.95. The lowest BCUT2D eigenvalue weighted by atomic mass is 9.81. The topological polar surface area (TPSA) is 67.9 Å². The third-order valence-corrected chi connectivity index (χ3v) is 5.07. The lowest BCUT2D eigenvalue weighted by Gasteiger charge is -2.37. The van der Waals surface area contributed by atoms with Crippen LogP contribution in [0.3, 0.4) is 0 Å². The van der Waals surface area contributed by atoms with Gasteiger partial charge in [0.25, 0.3) is 5.92 Å². The molecule has 0 spiro atoms. The third kappa shape index (κ3) is 6.78. The van der Waals surface area contributed by atoms with Crippen molar-refractivity contribution in [3.8, 4) is 0 Å². The molecule has 1 unspecified atom stereocenters. The van der Waals surface area contributed by atoms with Gasteiger partial charge in [0.1, 0.15) is 11.2 Å². The number of hydrogen-bond donors (Lipinski definition) is 1. The van der Waals surface area contributed by atoms with Crippen molar-refractivity contribution < 1.29 is 27.8 Å². The number of piperidine rings is 1. The molecule has 0 radical (unpaired) electrons. The van der Waals surface area contributed by atoms with Gasteiger partial charge in [-0.1, -0.05) is 0 Å². The maximum atomic E-state index is 14.1. The summed E-state index contributed by atoms with van der Waals surface area (Å²) in [5.41, 5.74) is -1.25. The van der Waals surface area contributed by atoms with Crippen LogP contribution in [-0.4, -0.2) is 53.3 Å². The van der Waals surface area contributed by atoms with Crippen LogP contribution in [0.15, 0.2) is 0 Å². The molecule has 8 heteroatoms. The average molecular weight is 404 g/mol. The van der Waals surface area contributed by atoms with Crippen molar-refractivity contribution in [1.82, 2.24) is 10.2 Å². The molecule has 162 valence electrons. The van der Waals surface area contributed by atoms with Crippen molar-refractivity contribution in [1.29, 1.82) is 0 Å². The number of nitrogens with one attached hydrogen (secondary N) is 1. The predicted molar refractivity (Wildman–Crippen MR) is 101 cm³/mol. The molecular weight excluding hydrogens is 370 g/mol. The van der Waals surface area contributed by atoms with Crippen LogP contribution in [-0.2, 0) is 9.47 Å². The normalized spacial score (nSPS) is 26.1. The molecule has 1 saturated heterocycles. The number of likely N-dealkylation sites (tertiary alicyclic amines) is 1. The SMILES string of the molecule is CC(C)(C)OC(=O)N[C@@H]1CC(F)(F)CC1C1CCN(C(=O)OC(C)(C)C)CC1. The molecule has 1 aliphatic carbocycles. The van der Waals surface area contributed by atoms with Gasteiger partial charge in [0.2, 0.25) is 0 Å². The van der Waals surface area contributed by atoms with Gasteiger partial charge >= 0.3 is 12.2 Å². The summed E-state index contributed by atoms with van der Waals surface area (Å²) in [4.78, 5) is 25.9. The highest BCUT2D eigenvalue weighted by Gasteiger charge is 2.50. The summed E-state index contributed by atoms with van der Waals surface area (Å²) in [5, 5.41) is 2.66. The van der Waals surface area contributed by atoms with Gasteiger partial charge in [0.05, 0.1) is 0 Å². The summed E-state index contributed by atoms with van der Waals surface area (Å²) in [6.07, 6.45) is -0.412. The summed E-state index contributed by atoms with van der Waals surface area (Å²) >= 11 is 0. The Hall–Kier alpha value is -1.60. The minimum Gasteiger partial charge on any atom is -0.444 e. The van der Waals surface area contributed by atoms with Gasteiger partial charge in [-0.3, -0.25) is 0 Å². The second-order valence-corrected chi connectivity index (χ2v) is 9.99. The van der Waals surface area contributed by atoms with E-state index in [2.05, 4.69) is 5.32 Å². The van der Waals surface area contributed by atoms with Crippen LogP contribution in [0, 0.1) is 11.8 Å². The predicted octanol–water partition coefficient (Wildman–Crippen LogP) is 4.57. The highest BCUT2D eigenvalue weighted by atomic mass is 19.3. The van der Waals surface area contributed by atoms with E-state index in [1.165, 1.54) is 0 Å². The van der Waals surface area contributed by atoms with E-state index in [1.54, 1.807) is 25.7 Å². The van der Waals surface area contributed by atoms with Crippen LogP contribution < -0.4 is 5.32 Å². The lowest BCUT2D eigenvalue weighted by Crippen LogP contribution is -2.46. The Morgan fingerprint density at radius 2 is 1.50 bits per heavy atom. The molecular formula is C20H34F2N2O4. The van der Waals surface area contributed by atoms with E-state index >= 15 is 0 Å². The first-order chi connectivity index (χ1) is 12.7. The number of alkyl carbamates (subject to hydrolysis) is 1. The number of nitrogens with zero attached hydrogens (tertiary/aromatic N) is 1. The Kier molecular flexibility index (Phi) is 6.50. The molecule has 0 aromatic rings. The summed E-state index contributed by atoms with van der Waals surface area (Å²) < 4.78 is 38.8. The number of ether oxygens (including phenoxy) is 2. The number of halogens is 2. The maximum Gasteiger partial charge on any atom is 0.410 e. The molecule has 1 N–H and O–H groups in total. The van der Waals surface area contributed by atoms with E-state index < -0.39 is 29.3 Å². The zero-order chi connectivity index (χ0) is 21.3. The van der Waals surface area contributed by atoms with Crippen LogP contribution in [0.1, 0.15) is 67.2 Å². The highest BCUT2D eigenvalue weighted by molar-refractivity contribution is 5.68. The first kappa shape index (κ1) is 22.7. The molecule has 28 heavy (non-hydrogen) atoms. The molecule has 2 fully saturated rings. The number of hydrogen-bond acceptors (Lipinski definition) is 4. The molecule has 6 nitrogen and oxygen atoms in total. The number of amides is 2. The van der Waals surface area contributed by atoms with Gasteiger partial charge in [-0.25, -0.2) is 18.4 Å². The molecule has 0 aromatic carbocycles. The Bertz CT molecular complexity index is 576. The second kappa shape index (κ2) is 8.03. The van der Waals surface area contributed by atoms with Crippen molar-refractivity contribution in [3.05, 3.63) is 0 Å². The van der Waals surface area contributed by atoms with Crippen LogP contribution in [0.25, 0.3) is 0 Å². The van der Waals surface area contributed by atoms with Gasteiger partial charge in [-0.2, -0.15) is 0 Å². The molecule has 2 amide bonds. The molecule has 0 bridgehead atoms. The minimum absolute atomic E-state index is 0.0204. The third-order valence-electron chi connectivity index (χ3n) is 5.07.